The van der Waals surface area contributed by atoms with E-state index in [0.29, 0.717) is 0 Å². The molecule has 5 heteroatoms. The van der Waals surface area contributed by atoms with Crippen LogP contribution in [0.4, 0.5) is 5.95 Å². The summed E-state index contributed by atoms with van der Waals surface area (Å²) in [4.78, 5) is 0. The smallest absolute Gasteiger partial charge is 0.243 e. The van der Waals surface area contributed by atoms with E-state index < -0.39 is 0 Å². The van der Waals surface area contributed by atoms with Gasteiger partial charge < -0.3 is 5.32 Å². The Morgan fingerprint density at radius 1 is 1.54 bits per heavy atom. The maximum absolute atomic E-state index is 3.92. The Bertz CT molecular complexity index is 283. The van der Waals surface area contributed by atoms with E-state index in [1.165, 1.54) is 19.3 Å². The largest absolute Gasteiger partial charge is 0.348 e. The standard InChI is InChI=1S/C8H15N5/c1-3-8(5-4-6-8)9-7-10-11-12-13(7)2/h3-6H2,1-2H3,(H,9,10,12). The molecule has 1 aromatic rings. The number of nitrogens with zero attached hydrogens (tertiary/aromatic N) is 4. The Morgan fingerprint density at radius 2 is 2.31 bits per heavy atom. The fourth-order valence-electron chi connectivity index (χ4n) is 1.74. The second kappa shape index (κ2) is 2.97. The molecule has 0 saturated heterocycles. The predicted octanol–water partition coefficient (Wildman–Crippen LogP) is 0.955. The molecule has 2 rings (SSSR count). The van der Waals surface area contributed by atoms with Gasteiger partial charge in [0.05, 0.1) is 0 Å². The van der Waals surface area contributed by atoms with Crippen LogP contribution in [0.3, 0.4) is 0 Å². The zero-order valence-electron chi connectivity index (χ0n) is 8.12. The molecule has 0 unspecified atom stereocenters. The van der Waals surface area contributed by atoms with Gasteiger partial charge in [-0.25, -0.2) is 4.68 Å². The fourth-order valence-corrected chi connectivity index (χ4v) is 1.74. The summed E-state index contributed by atoms with van der Waals surface area (Å²) < 4.78 is 1.68. The highest BCUT2D eigenvalue weighted by molar-refractivity contribution is 5.29. The summed E-state index contributed by atoms with van der Waals surface area (Å²) in [6.45, 7) is 2.20. The van der Waals surface area contributed by atoms with Gasteiger partial charge in [0, 0.05) is 12.6 Å². The molecule has 0 radical (unpaired) electrons. The molecule has 5 nitrogen and oxygen atoms in total. The summed E-state index contributed by atoms with van der Waals surface area (Å²) in [6, 6.07) is 0. The minimum atomic E-state index is 0.266. The number of nitrogens with one attached hydrogen (secondary N) is 1. The van der Waals surface area contributed by atoms with Gasteiger partial charge in [0.25, 0.3) is 0 Å². The van der Waals surface area contributed by atoms with Crippen LogP contribution in [0, 0.1) is 0 Å². The van der Waals surface area contributed by atoms with Gasteiger partial charge in [-0.1, -0.05) is 12.0 Å². The highest BCUT2D eigenvalue weighted by Crippen LogP contribution is 2.37. The van der Waals surface area contributed by atoms with Gasteiger partial charge in [0.15, 0.2) is 0 Å². The molecule has 72 valence electrons. The van der Waals surface area contributed by atoms with Crippen LogP contribution in [0.1, 0.15) is 32.6 Å². The number of aryl methyl sites for hydroxylation is 1. The molecule has 1 heterocycles. The normalized spacial score (nSPS) is 19.5. The zero-order chi connectivity index (χ0) is 9.31. The van der Waals surface area contributed by atoms with E-state index in [9.17, 15) is 0 Å². The molecule has 13 heavy (non-hydrogen) atoms. The minimum absolute atomic E-state index is 0.266. The van der Waals surface area contributed by atoms with Crippen molar-refractivity contribution in [2.45, 2.75) is 38.1 Å². The Kier molecular flexibility index (Phi) is 1.94. The van der Waals surface area contributed by atoms with Gasteiger partial charge in [0.1, 0.15) is 0 Å². The fraction of sp³-hybridized carbons (Fsp3) is 0.875. The third kappa shape index (κ3) is 1.38. The van der Waals surface area contributed by atoms with Gasteiger partial charge in [-0.05, 0) is 36.1 Å². The van der Waals surface area contributed by atoms with Crippen molar-refractivity contribution >= 4 is 5.95 Å². The molecule has 1 saturated carbocycles. The number of hydrogen-bond donors (Lipinski definition) is 1. The predicted molar refractivity (Wildman–Crippen MR) is 49.3 cm³/mol. The first-order valence-corrected chi connectivity index (χ1v) is 4.76. The number of anilines is 1. The van der Waals surface area contributed by atoms with E-state index in [2.05, 4.69) is 27.8 Å². The molecule has 0 aromatic carbocycles. The number of aromatic nitrogens is 4. The average molecular weight is 181 g/mol. The number of tetrazole rings is 1. The Morgan fingerprint density at radius 3 is 2.69 bits per heavy atom. The van der Waals surface area contributed by atoms with Crippen LogP contribution in [0.2, 0.25) is 0 Å². The Labute approximate surface area is 77.5 Å². The Hall–Kier alpha value is -1.13. The van der Waals surface area contributed by atoms with Crippen molar-refractivity contribution in [3.63, 3.8) is 0 Å². The molecular weight excluding hydrogens is 166 g/mol. The highest BCUT2D eigenvalue weighted by Gasteiger charge is 2.35. The van der Waals surface area contributed by atoms with Gasteiger partial charge in [0.2, 0.25) is 5.95 Å². The highest BCUT2D eigenvalue weighted by atomic mass is 15.6. The maximum Gasteiger partial charge on any atom is 0.243 e. The molecule has 0 amide bonds. The lowest BCUT2D eigenvalue weighted by Crippen LogP contribution is -2.45. The second-order valence-corrected chi connectivity index (χ2v) is 3.74. The van der Waals surface area contributed by atoms with Crippen molar-refractivity contribution in [2.75, 3.05) is 5.32 Å². The second-order valence-electron chi connectivity index (χ2n) is 3.74. The van der Waals surface area contributed by atoms with Gasteiger partial charge in [-0.3, -0.25) is 0 Å². The molecule has 1 aromatic heterocycles. The Balaban J connectivity index is 2.08. The third-order valence-corrected chi connectivity index (χ3v) is 2.98. The summed E-state index contributed by atoms with van der Waals surface area (Å²) in [7, 11) is 1.85. The molecule has 1 fully saturated rings. The van der Waals surface area contributed by atoms with E-state index in [4.69, 9.17) is 0 Å². The molecule has 0 bridgehead atoms. The van der Waals surface area contributed by atoms with Crippen LogP contribution in [-0.2, 0) is 7.05 Å². The van der Waals surface area contributed by atoms with E-state index in [1.54, 1.807) is 4.68 Å². The van der Waals surface area contributed by atoms with E-state index in [-0.39, 0.29) is 5.54 Å². The first-order chi connectivity index (χ1) is 6.26. The summed E-state index contributed by atoms with van der Waals surface area (Å²) >= 11 is 0. The zero-order valence-corrected chi connectivity index (χ0v) is 8.12. The van der Waals surface area contributed by atoms with Crippen LogP contribution >= 0.6 is 0 Å². The third-order valence-electron chi connectivity index (χ3n) is 2.98. The molecule has 1 aliphatic carbocycles. The molecular formula is C8H15N5. The minimum Gasteiger partial charge on any atom is -0.348 e. The van der Waals surface area contributed by atoms with E-state index in [0.717, 1.165) is 12.4 Å². The molecule has 1 N–H and O–H groups in total. The van der Waals surface area contributed by atoms with Gasteiger partial charge >= 0.3 is 0 Å². The van der Waals surface area contributed by atoms with Crippen LogP contribution in [0.25, 0.3) is 0 Å². The maximum atomic E-state index is 3.92. The summed E-state index contributed by atoms with van der Waals surface area (Å²) in [5, 5.41) is 14.7. The molecule has 0 spiro atoms. The topological polar surface area (TPSA) is 55.6 Å². The van der Waals surface area contributed by atoms with Crippen molar-refractivity contribution in [3.05, 3.63) is 0 Å². The van der Waals surface area contributed by atoms with Crippen molar-refractivity contribution in [2.24, 2.45) is 7.05 Å². The molecule has 0 atom stereocenters. The first kappa shape index (κ1) is 8.47. The summed E-state index contributed by atoms with van der Waals surface area (Å²) in [5.74, 6) is 0.779. The van der Waals surface area contributed by atoms with Crippen molar-refractivity contribution < 1.29 is 0 Å². The lowest BCUT2D eigenvalue weighted by atomic mass is 9.75. The van der Waals surface area contributed by atoms with Crippen molar-refractivity contribution in [1.29, 1.82) is 0 Å². The summed E-state index contributed by atoms with van der Waals surface area (Å²) in [6.07, 6.45) is 4.92. The molecule has 0 aliphatic heterocycles. The van der Waals surface area contributed by atoms with Crippen LogP contribution in [0.5, 0.6) is 0 Å². The lowest BCUT2D eigenvalue weighted by molar-refractivity contribution is 0.267. The average Bonchev–Trinajstić information content (AvgIpc) is 2.44. The van der Waals surface area contributed by atoms with Crippen molar-refractivity contribution in [3.8, 4) is 0 Å². The molecule has 1 aliphatic rings. The van der Waals surface area contributed by atoms with Crippen LogP contribution in [-0.4, -0.2) is 25.7 Å². The van der Waals surface area contributed by atoms with Gasteiger partial charge in [-0.15, -0.1) is 0 Å². The number of rotatable bonds is 3. The quantitative estimate of drug-likeness (QED) is 0.754. The van der Waals surface area contributed by atoms with E-state index >= 15 is 0 Å². The number of hydrogen-bond acceptors (Lipinski definition) is 4. The monoisotopic (exact) mass is 181 g/mol. The summed E-state index contributed by atoms with van der Waals surface area (Å²) in [5.41, 5.74) is 0.266. The van der Waals surface area contributed by atoms with Crippen LogP contribution < -0.4 is 5.32 Å². The van der Waals surface area contributed by atoms with Crippen LogP contribution in [0.15, 0.2) is 0 Å². The SMILES string of the molecule is CCC1(Nc2nnnn2C)CCC1. The lowest BCUT2D eigenvalue weighted by Gasteiger charge is -2.41. The van der Waals surface area contributed by atoms with E-state index in [1.807, 2.05) is 7.05 Å². The van der Waals surface area contributed by atoms with Crippen molar-refractivity contribution in [1.82, 2.24) is 20.2 Å². The van der Waals surface area contributed by atoms with Gasteiger partial charge in [-0.2, -0.15) is 0 Å². The first-order valence-electron chi connectivity index (χ1n) is 4.76.